The molecule has 2 heterocycles. The Morgan fingerprint density at radius 1 is 1.21 bits per heavy atom. The molecule has 33 heavy (non-hydrogen) atoms. The number of hydrogen-bond acceptors (Lipinski definition) is 7. The Morgan fingerprint density at radius 2 is 1.97 bits per heavy atom. The van der Waals surface area contributed by atoms with Gasteiger partial charge in [-0.25, -0.2) is 9.97 Å². The zero-order chi connectivity index (χ0) is 23.9. The summed E-state index contributed by atoms with van der Waals surface area (Å²) in [6.07, 6.45) is -0.496. The average molecular weight is 467 g/mol. The van der Waals surface area contributed by atoms with Gasteiger partial charge in [0, 0.05) is 36.1 Å². The molecule has 1 aliphatic heterocycles. The maximum absolute atomic E-state index is 13.2. The van der Waals surface area contributed by atoms with Crippen LogP contribution < -0.4 is 11.1 Å². The van der Waals surface area contributed by atoms with Gasteiger partial charge >= 0.3 is 6.18 Å². The van der Waals surface area contributed by atoms with Gasteiger partial charge in [-0.05, 0) is 64.8 Å². The highest BCUT2D eigenvalue weighted by atomic mass is 19.4. The highest BCUT2D eigenvalue weighted by Gasteiger charge is 2.42. The van der Waals surface area contributed by atoms with Gasteiger partial charge in [-0.2, -0.15) is 13.2 Å². The number of hydrogen-bond donors (Lipinski definition) is 3. The Hall–Kier alpha value is -2.01. The topological polar surface area (TPSA) is 90.5 Å². The molecule has 5 atom stereocenters. The fourth-order valence-corrected chi connectivity index (χ4v) is 5.20. The SMILES string of the molecule is CC(C)N(C)[C@@H]1CC[C@H](N2CC[C@H](Nc3ncnc4ccc(C(F)(F)F)cc34)C2O)[C@H](N)C1. The van der Waals surface area contributed by atoms with Crippen LogP contribution in [-0.2, 0) is 6.18 Å². The molecule has 10 heteroatoms. The van der Waals surface area contributed by atoms with Crippen molar-refractivity contribution in [2.24, 2.45) is 5.73 Å². The van der Waals surface area contributed by atoms with Crippen LogP contribution >= 0.6 is 0 Å². The molecule has 0 bridgehead atoms. The molecule has 1 saturated carbocycles. The Labute approximate surface area is 192 Å². The summed E-state index contributed by atoms with van der Waals surface area (Å²) in [5, 5.41) is 14.5. The van der Waals surface area contributed by atoms with Crippen LogP contribution in [0.5, 0.6) is 0 Å². The molecule has 0 amide bonds. The molecule has 4 rings (SSSR count). The Kier molecular flexibility index (Phi) is 6.82. The van der Waals surface area contributed by atoms with E-state index in [4.69, 9.17) is 5.73 Å². The average Bonchev–Trinajstić information content (AvgIpc) is 3.12. The molecule has 1 unspecified atom stereocenters. The van der Waals surface area contributed by atoms with Crippen molar-refractivity contribution in [3.63, 3.8) is 0 Å². The normalized spacial score (nSPS) is 29.3. The number of nitrogens with two attached hydrogens (primary N) is 1. The van der Waals surface area contributed by atoms with Crippen LogP contribution in [0.1, 0.15) is 45.1 Å². The zero-order valence-corrected chi connectivity index (χ0v) is 19.3. The summed E-state index contributed by atoms with van der Waals surface area (Å²) in [6, 6.07) is 3.95. The summed E-state index contributed by atoms with van der Waals surface area (Å²) in [4.78, 5) is 12.7. The maximum atomic E-state index is 13.2. The van der Waals surface area contributed by atoms with Gasteiger partial charge in [0.1, 0.15) is 18.4 Å². The second-order valence-electron chi connectivity index (χ2n) is 9.60. The van der Waals surface area contributed by atoms with Crippen LogP contribution in [-0.4, -0.2) is 74.9 Å². The monoisotopic (exact) mass is 466 g/mol. The fraction of sp³-hybridized carbons (Fsp3) is 0.652. The van der Waals surface area contributed by atoms with E-state index in [1.54, 1.807) is 0 Å². The number of aromatic nitrogens is 2. The van der Waals surface area contributed by atoms with E-state index in [-0.39, 0.29) is 23.5 Å². The van der Waals surface area contributed by atoms with Crippen LogP contribution in [0, 0.1) is 0 Å². The van der Waals surface area contributed by atoms with E-state index in [9.17, 15) is 18.3 Å². The van der Waals surface area contributed by atoms with Crippen molar-refractivity contribution in [3.8, 4) is 0 Å². The quantitative estimate of drug-likeness (QED) is 0.624. The van der Waals surface area contributed by atoms with E-state index in [1.807, 2.05) is 4.90 Å². The van der Waals surface area contributed by atoms with Crippen molar-refractivity contribution in [3.05, 3.63) is 30.1 Å². The lowest BCUT2D eigenvalue weighted by atomic mass is 9.85. The molecule has 1 aliphatic carbocycles. The minimum absolute atomic E-state index is 0.0485. The third-order valence-electron chi connectivity index (χ3n) is 7.33. The molecule has 0 radical (unpaired) electrons. The van der Waals surface area contributed by atoms with E-state index >= 15 is 0 Å². The van der Waals surface area contributed by atoms with E-state index in [0.717, 1.165) is 31.4 Å². The largest absolute Gasteiger partial charge is 0.416 e. The zero-order valence-electron chi connectivity index (χ0n) is 19.3. The first-order chi connectivity index (χ1) is 15.6. The number of aliphatic hydroxyl groups excluding tert-OH is 1. The first-order valence-corrected chi connectivity index (χ1v) is 11.6. The molecular formula is C23H33F3N6O. The fourth-order valence-electron chi connectivity index (χ4n) is 5.20. The molecule has 1 saturated heterocycles. The first kappa shape index (κ1) is 24.1. The Bertz CT molecular complexity index is 971. The number of nitrogens with zero attached hydrogens (tertiary/aromatic N) is 4. The molecule has 182 valence electrons. The number of aliphatic hydroxyl groups is 1. The van der Waals surface area contributed by atoms with Crippen LogP contribution in [0.15, 0.2) is 24.5 Å². The van der Waals surface area contributed by atoms with Gasteiger partial charge in [0.25, 0.3) is 0 Å². The molecule has 4 N–H and O–H groups in total. The van der Waals surface area contributed by atoms with Crippen molar-refractivity contribution in [1.29, 1.82) is 0 Å². The summed E-state index contributed by atoms with van der Waals surface area (Å²) in [6.45, 7) is 5.01. The van der Waals surface area contributed by atoms with Crippen molar-refractivity contribution in [2.75, 3.05) is 18.9 Å². The van der Waals surface area contributed by atoms with E-state index in [1.165, 1.54) is 12.4 Å². The summed E-state index contributed by atoms with van der Waals surface area (Å²) < 4.78 is 39.6. The van der Waals surface area contributed by atoms with Crippen molar-refractivity contribution < 1.29 is 18.3 Å². The minimum atomic E-state index is -4.45. The van der Waals surface area contributed by atoms with Crippen LogP contribution in [0.25, 0.3) is 10.9 Å². The van der Waals surface area contributed by atoms with Crippen LogP contribution in [0.2, 0.25) is 0 Å². The lowest BCUT2D eigenvalue weighted by Crippen LogP contribution is -2.57. The first-order valence-electron chi connectivity index (χ1n) is 11.6. The number of fused-ring (bicyclic) bond motifs is 1. The van der Waals surface area contributed by atoms with Gasteiger partial charge in [0.15, 0.2) is 0 Å². The van der Waals surface area contributed by atoms with Crippen LogP contribution in [0.4, 0.5) is 19.0 Å². The third-order valence-corrected chi connectivity index (χ3v) is 7.33. The Morgan fingerprint density at radius 3 is 2.64 bits per heavy atom. The van der Waals surface area contributed by atoms with Crippen molar-refractivity contribution >= 4 is 16.7 Å². The van der Waals surface area contributed by atoms with Gasteiger partial charge in [0.2, 0.25) is 0 Å². The molecule has 7 nitrogen and oxygen atoms in total. The van der Waals surface area contributed by atoms with Crippen molar-refractivity contribution in [2.45, 2.75) is 82.1 Å². The van der Waals surface area contributed by atoms with Gasteiger partial charge in [-0.1, -0.05) is 0 Å². The lowest BCUT2D eigenvalue weighted by molar-refractivity contribution is -0.137. The lowest BCUT2D eigenvalue weighted by Gasteiger charge is -2.44. The number of benzene rings is 1. The predicted octanol–water partition coefficient (Wildman–Crippen LogP) is 3.04. The number of alkyl halides is 3. The van der Waals surface area contributed by atoms with Gasteiger partial charge in [0.05, 0.1) is 17.1 Å². The van der Waals surface area contributed by atoms with E-state index < -0.39 is 18.0 Å². The summed E-state index contributed by atoms with van der Waals surface area (Å²) in [7, 11) is 2.13. The Balaban J connectivity index is 1.47. The predicted molar refractivity (Wildman–Crippen MR) is 122 cm³/mol. The molecule has 2 aromatic rings. The van der Waals surface area contributed by atoms with Gasteiger partial charge < -0.3 is 21.1 Å². The molecule has 0 spiro atoms. The second kappa shape index (κ2) is 9.32. The smallest absolute Gasteiger partial charge is 0.376 e. The number of anilines is 1. The van der Waals surface area contributed by atoms with Gasteiger partial charge in [-0.15, -0.1) is 0 Å². The maximum Gasteiger partial charge on any atom is 0.416 e. The highest BCUT2D eigenvalue weighted by molar-refractivity contribution is 5.89. The molecular weight excluding hydrogens is 433 g/mol. The summed E-state index contributed by atoms with van der Waals surface area (Å²) in [5.74, 6) is 0.295. The van der Waals surface area contributed by atoms with Crippen LogP contribution in [0.3, 0.4) is 0 Å². The molecule has 1 aromatic carbocycles. The third kappa shape index (κ3) is 4.94. The second-order valence-corrected chi connectivity index (χ2v) is 9.60. The molecule has 2 aliphatic rings. The highest BCUT2D eigenvalue weighted by Crippen LogP contribution is 2.34. The number of halogens is 3. The van der Waals surface area contributed by atoms with E-state index in [0.29, 0.717) is 36.4 Å². The number of nitrogens with one attached hydrogen (secondary N) is 1. The van der Waals surface area contributed by atoms with E-state index in [2.05, 4.69) is 41.1 Å². The van der Waals surface area contributed by atoms with Crippen molar-refractivity contribution in [1.82, 2.24) is 19.8 Å². The molecule has 2 fully saturated rings. The minimum Gasteiger partial charge on any atom is -0.376 e. The summed E-state index contributed by atoms with van der Waals surface area (Å²) >= 11 is 0. The molecule has 1 aromatic heterocycles. The standard InChI is InChI=1S/C23H33F3N6O/c1-13(2)31(3)15-5-7-20(17(27)11-15)32-9-8-19(22(32)33)30-21-16-10-14(23(24,25)26)4-6-18(16)28-12-29-21/h4,6,10,12-13,15,17,19-20,22,33H,5,7-9,11,27H2,1-3H3,(H,28,29,30)/t15-,17-,19+,20+,22?/m1/s1. The van der Waals surface area contributed by atoms with Gasteiger partial charge in [-0.3, -0.25) is 4.90 Å². The summed E-state index contributed by atoms with van der Waals surface area (Å²) in [5.41, 5.74) is 6.21. The number of rotatable bonds is 5. The number of likely N-dealkylation sites (tertiary alicyclic amines) is 1.